The lowest BCUT2D eigenvalue weighted by Crippen LogP contribution is -2.52. The molecule has 4 aliphatic rings. The van der Waals surface area contributed by atoms with Crippen LogP contribution in [0.25, 0.3) is 0 Å². The van der Waals surface area contributed by atoms with Crippen molar-refractivity contribution in [2.24, 2.45) is 22.7 Å². The van der Waals surface area contributed by atoms with E-state index in [2.05, 4.69) is 0 Å². The number of carbonyl (C=O) groups excluding carboxylic acids is 3. The van der Waals surface area contributed by atoms with Crippen LogP contribution in [0.15, 0.2) is 0 Å². The molecule has 6 atom stereocenters. The van der Waals surface area contributed by atoms with E-state index in [1.54, 1.807) is 20.8 Å². The largest absolute Gasteiger partial charge is 0.459 e. The summed E-state index contributed by atoms with van der Waals surface area (Å²) < 4.78 is 60.7. The third kappa shape index (κ3) is 6.30. The molecule has 11 heteroatoms. The highest BCUT2D eigenvalue weighted by Gasteiger charge is 2.65. The molecule has 1 saturated carbocycles. The van der Waals surface area contributed by atoms with Crippen molar-refractivity contribution >= 4 is 17.9 Å². The first-order valence-electron chi connectivity index (χ1n) is 14.3. The summed E-state index contributed by atoms with van der Waals surface area (Å²) in [6, 6.07) is 0. The second kappa shape index (κ2) is 11.1. The van der Waals surface area contributed by atoms with Crippen LogP contribution in [-0.2, 0) is 33.3 Å². The lowest BCUT2D eigenvalue weighted by molar-refractivity contribution is -0.278. The molecule has 2 bridgehead atoms. The van der Waals surface area contributed by atoms with Crippen LogP contribution in [0.5, 0.6) is 0 Å². The second-order valence-corrected chi connectivity index (χ2v) is 13.5. The van der Waals surface area contributed by atoms with Gasteiger partial charge in [-0.05, 0) is 92.4 Å². The Balaban J connectivity index is 0.000000224. The molecule has 3 aliphatic heterocycles. The van der Waals surface area contributed by atoms with E-state index in [1.165, 1.54) is 0 Å². The van der Waals surface area contributed by atoms with Crippen LogP contribution in [-0.4, -0.2) is 64.8 Å². The predicted molar refractivity (Wildman–Crippen MR) is 138 cm³/mol. The lowest BCUT2D eigenvalue weighted by atomic mass is 9.72. The Hall–Kier alpha value is -1.88. The molecule has 0 amide bonds. The number of esters is 3. The van der Waals surface area contributed by atoms with Crippen LogP contribution < -0.4 is 0 Å². The summed E-state index contributed by atoms with van der Waals surface area (Å²) in [5.74, 6) is -1.78. The van der Waals surface area contributed by atoms with Gasteiger partial charge in [-0.3, -0.25) is 14.4 Å². The van der Waals surface area contributed by atoms with Crippen molar-refractivity contribution < 1.29 is 51.6 Å². The van der Waals surface area contributed by atoms with Gasteiger partial charge in [-0.2, -0.15) is 13.2 Å². The first kappa shape index (κ1) is 32.6. The number of aliphatic hydroxyl groups is 1. The number of carbonyl (C=O) groups is 3. The van der Waals surface area contributed by atoms with Crippen molar-refractivity contribution in [3.63, 3.8) is 0 Å². The van der Waals surface area contributed by atoms with Crippen molar-refractivity contribution in [1.82, 2.24) is 0 Å². The quantitative estimate of drug-likeness (QED) is 0.321. The molecule has 0 aromatic carbocycles. The van der Waals surface area contributed by atoms with Crippen LogP contribution in [0.2, 0.25) is 0 Å². The first-order chi connectivity index (χ1) is 18.2. The fourth-order valence-electron chi connectivity index (χ4n) is 5.44. The monoisotopic (exact) mass is 578 g/mol. The molecule has 40 heavy (non-hydrogen) atoms. The fraction of sp³-hybridized carbons (Fsp3) is 0.897. The van der Waals surface area contributed by atoms with Gasteiger partial charge in [0, 0.05) is 0 Å². The zero-order valence-electron chi connectivity index (χ0n) is 24.9. The molecule has 0 radical (unpaired) electrons. The van der Waals surface area contributed by atoms with Gasteiger partial charge in [-0.25, -0.2) is 0 Å². The summed E-state index contributed by atoms with van der Waals surface area (Å²) in [6.07, 6.45) is -2.85. The minimum atomic E-state index is -4.65. The van der Waals surface area contributed by atoms with Crippen molar-refractivity contribution in [2.45, 2.75) is 142 Å². The third-order valence-electron chi connectivity index (χ3n) is 9.65. The summed E-state index contributed by atoms with van der Waals surface area (Å²) >= 11 is 0. The summed E-state index contributed by atoms with van der Waals surface area (Å²) in [4.78, 5) is 35.8. The van der Waals surface area contributed by atoms with E-state index in [1.807, 2.05) is 27.7 Å². The summed E-state index contributed by atoms with van der Waals surface area (Å²) in [5.41, 5.74) is -4.55. The normalized spacial score (nSPS) is 34.9. The van der Waals surface area contributed by atoms with Crippen LogP contribution in [0.4, 0.5) is 13.2 Å². The zero-order valence-corrected chi connectivity index (χ0v) is 24.9. The maximum absolute atomic E-state index is 12.9. The number of ether oxygens (including phenoxy) is 4. The highest BCUT2D eigenvalue weighted by atomic mass is 19.4. The van der Waals surface area contributed by atoms with Crippen LogP contribution >= 0.6 is 0 Å². The van der Waals surface area contributed by atoms with Gasteiger partial charge >= 0.3 is 24.1 Å². The summed E-state index contributed by atoms with van der Waals surface area (Å²) in [5, 5.41) is 9.76. The minimum Gasteiger partial charge on any atom is -0.459 e. The molecule has 3 saturated heterocycles. The topological polar surface area (TPSA) is 108 Å². The van der Waals surface area contributed by atoms with Crippen LogP contribution in [0.1, 0.15) is 100 Å². The highest BCUT2D eigenvalue weighted by molar-refractivity contribution is 5.79. The first-order valence-corrected chi connectivity index (χ1v) is 14.3. The van der Waals surface area contributed by atoms with Gasteiger partial charge in [0.15, 0.2) is 17.8 Å². The molecule has 8 nitrogen and oxygen atoms in total. The van der Waals surface area contributed by atoms with Gasteiger partial charge < -0.3 is 24.1 Å². The molecule has 4 rings (SSSR count). The van der Waals surface area contributed by atoms with Gasteiger partial charge in [0.1, 0.15) is 11.7 Å². The molecular formula is C29H45F3O8. The Labute approximate surface area is 234 Å². The van der Waals surface area contributed by atoms with Gasteiger partial charge in [-0.1, -0.05) is 13.8 Å². The predicted octanol–water partition coefficient (Wildman–Crippen LogP) is 5.28. The Morgan fingerprint density at radius 2 is 1.50 bits per heavy atom. The van der Waals surface area contributed by atoms with Gasteiger partial charge in [0.05, 0.1) is 22.9 Å². The summed E-state index contributed by atoms with van der Waals surface area (Å²) in [7, 11) is 0. The SMILES string of the molecule is CCC(C)(C)C(=O)OC1(C)CCC(C(C)(O)C(F)(F)F)CC1.CCC(C)(C)C(=O)OC1C2CC3C(=O)OC1C3O2. The molecular weight excluding hydrogens is 533 g/mol. The van der Waals surface area contributed by atoms with E-state index >= 15 is 0 Å². The number of halogens is 3. The average molecular weight is 579 g/mol. The number of hydrogen-bond acceptors (Lipinski definition) is 8. The third-order valence-corrected chi connectivity index (χ3v) is 9.65. The van der Waals surface area contributed by atoms with E-state index in [-0.39, 0.29) is 48.9 Å². The van der Waals surface area contributed by atoms with Crippen molar-refractivity contribution in [3.05, 3.63) is 0 Å². The molecule has 0 spiro atoms. The average Bonchev–Trinajstić information content (AvgIpc) is 3.49. The molecule has 0 aromatic rings. The van der Waals surface area contributed by atoms with E-state index in [0.717, 1.165) is 6.92 Å². The zero-order chi connectivity index (χ0) is 30.5. The van der Waals surface area contributed by atoms with E-state index in [4.69, 9.17) is 18.9 Å². The Bertz CT molecular complexity index is 965. The maximum atomic E-state index is 12.9. The number of hydrogen-bond donors (Lipinski definition) is 1. The fourth-order valence-corrected chi connectivity index (χ4v) is 5.44. The van der Waals surface area contributed by atoms with E-state index in [9.17, 15) is 32.7 Å². The molecule has 4 fully saturated rings. The summed E-state index contributed by atoms with van der Waals surface area (Å²) in [6.45, 7) is 13.7. The van der Waals surface area contributed by atoms with Gasteiger partial charge in [-0.15, -0.1) is 0 Å². The van der Waals surface area contributed by atoms with Crippen LogP contribution in [0.3, 0.4) is 0 Å². The molecule has 3 heterocycles. The highest BCUT2D eigenvalue weighted by Crippen LogP contribution is 2.48. The smallest absolute Gasteiger partial charge is 0.417 e. The number of rotatable bonds is 7. The van der Waals surface area contributed by atoms with Crippen molar-refractivity contribution in [3.8, 4) is 0 Å². The molecule has 0 aromatic heterocycles. The minimum absolute atomic E-state index is 0.144. The Morgan fingerprint density at radius 1 is 0.975 bits per heavy atom. The van der Waals surface area contributed by atoms with Gasteiger partial charge in [0.2, 0.25) is 0 Å². The van der Waals surface area contributed by atoms with E-state index < -0.39 is 46.3 Å². The molecule has 1 N–H and O–H groups in total. The number of alkyl halides is 3. The second-order valence-electron chi connectivity index (χ2n) is 13.5. The van der Waals surface area contributed by atoms with Gasteiger partial charge in [0.25, 0.3) is 0 Å². The van der Waals surface area contributed by atoms with Crippen molar-refractivity contribution in [1.29, 1.82) is 0 Å². The van der Waals surface area contributed by atoms with E-state index in [0.29, 0.717) is 32.1 Å². The van der Waals surface area contributed by atoms with Crippen molar-refractivity contribution in [2.75, 3.05) is 0 Å². The Kier molecular flexibility index (Phi) is 9.04. The lowest BCUT2D eigenvalue weighted by Gasteiger charge is -2.43. The molecule has 230 valence electrons. The van der Waals surface area contributed by atoms with Crippen LogP contribution in [0, 0.1) is 22.7 Å². The molecule has 1 aliphatic carbocycles. The maximum Gasteiger partial charge on any atom is 0.417 e. The molecule has 6 unspecified atom stereocenters. The Morgan fingerprint density at radius 3 is 2.00 bits per heavy atom. The standard InChI is InChI=1S/C16H27F3O3.C13H18O5/c1-6-13(2,3)12(20)22-14(4)9-7-11(8-10-14)15(5,21)16(17,18)19;1-4-13(2,3)12(15)18-9-7-5-6-8(16-7)10(9)17-11(6)14/h11,21H,6-10H2,1-5H3;6-10H,4-5H2,1-3H3. The number of fused-ring (bicyclic) bond motifs is 1.